The molecule has 0 spiro atoms. The zero-order valence-electron chi connectivity index (χ0n) is 18.5. The van der Waals surface area contributed by atoms with Crippen molar-refractivity contribution in [2.45, 2.75) is 31.0 Å². The number of fused-ring (bicyclic) bond motifs is 1. The first-order chi connectivity index (χ1) is 15.9. The fourth-order valence-electron chi connectivity index (χ4n) is 3.82. The van der Waals surface area contributed by atoms with E-state index in [9.17, 15) is 8.42 Å². The van der Waals surface area contributed by atoms with Gasteiger partial charge in [0.15, 0.2) is 11.5 Å². The van der Waals surface area contributed by atoms with Gasteiger partial charge in [0, 0.05) is 43.7 Å². The van der Waals surface area contributed by atoms with Gasteiger partial charge in [0.1, 0.15) is 11.6 Å². The fraction of sp³-hybridized carbons (Fsp3) is 0.364. The third kappa shape index (κ3) is 5.30. The van der Waals surface area contributed by atoms with Crippen LogP contribution in [0.5, 0.6) is 11.5 Å². The van der Waals surface area contributed by atoms with Gasteiger partial charge in [0.25, 0.3) is 0 Å². The number of aromatic nitrogens is 3. The van der Waals surface area contributed by atoms with Crippen LogP contribution in [0.4, 0.5) is 0 Å². The zero-order valence-corrected chi connectivity index (χ0v) is 20.1. The van der Waals surface area contributed by atoms with E-state index in [2.05, 4.69) is 19.8 Å². The van der Waals surface area contributed by atoms with Crippen LogP contribution < -0.4 is 14.2 Å². The van der Waals surface area contributed by atoms with E-state index < -0.39 is 10.0 Å². The second kappa shape index (κ2) is 10.1. The maximum absolute atomic E-state index is 12.5. The smallest absolute Gasteiger partial charge is 0.240 e. The Balaban J connectivity index is 1.43. The summed E-state index contributed by atoms with van der Waals surface area (Å²) in [5.41, 5.74) is 0.947. The third-order valence-corrected chi connectivity index (χ3v) is 7.38. The second-order valence-electron chi connectivity index (χ2n) is 7.65. The Labute approximate surface area is 198 Å². The van der Waals surface area contributed by atoms with Crippen molar-refractivity contribution in [3.05, 3.63) is 64.7 Å². The number of halogens is 1. The lowest BCUT2D eigenvalue weighted by molar-refractivity contribution is 0.269. The first-order valence-corrected chi connectivity index (χ1v) is 12.4. The summed E-state index contributed by atoms with van der Waals surface area (Å²) < 4.78 is 40.4. The summed E-state index contributed by atoms with van der Waals surface area (Å²) in [6, 6.07) is 11.9. The van der Waals surface area contributed by atoms with Gasteiger partial charge in [-0.1, -0.05) is 29.8 Å². The number of ether oxygens (including phenoxy) is 2. The molecule has 2 heterocycles. The molecule has 1 aromatic heterocycles. The van der Waals surface area contributed by atoms with Crippen LogP contribution in [0.15, 0.2) is 47.4 Å². The molecule has 1 aliphatic rings. The maximum atomic E-state index is 12.5. The molecule has 0 amide bonds. The molecule has 176 valence electrons. The highest BCUT2D eigenvalue weighted by Gasteiger charge is 2.22. The number of methoxy groups -OCH3 is 2. The normalized spacial score (nSPS) is 14.5. The molecule has 0 atom stereocenters. The molecule has 0 radical (unpaired) electrons. The summed E-state index contributed by atoms with van der Waals surface area (Å²) in [6.07, 6.45) is 0.698. The molecular weight excluding hydrogens is 466 g/mol. The largest absolute Gasteiger partial charge is 0.493 e. The fourth-order valence-corrected chi connectivity index (χ4v) is 5.03. The molecule has 1 N–H and O–H groups in total. The molecular formula is C22H26ClN5O4S. The van der Waals surface area contributed by atoms with Crippen LogP contribution in [-0.2, 0) is 36.1 Å². The Morgan fingerprint density at radius 3 is 2.48 bits per heavy atom. The molecule has 0 fully saturated rings. The van der Waals surface area contributed by atoms with E-state index in [4.69, 9.17) is 21.1 Å². The number of nitrogens with zero attached hydrogens (tertiary/aromatic N) is 4. The van der Waals surface area contributed by atoms with Gasteiger partial charge in [-0.3, -0.25) is 4.90 Å². The number of rotatable bonds is 8. The average molecular weight is 492 g/mol. The summed E-state index contributed by atoms with van der Waals surface area (Å²) in [5, 5.41) is 9.12. The molecule has 2 aromatic carbocycles. The lowest BCUT2D eigenvalue weighted by Crippen LogP contribution is -2.28. The van der Waals surface area contributed by atoms with E-state index in [1.54, 1.807) is 50.6 Å². The minimum Gasteiger partial charge on any atom is -0.493 e. The number of hydrogen-bond acceptors (Lipinski definition) is 7. The molecule has 33 heavy (non-hydrogen) atoms. The van der Waals surface area contributed by atoms with Crippen molar-refractivity contribution in [1.82, 2.24) is 24.4 Å². The minimum absolute atomic E-state index is 0.0751. The predicted molar refractivity (Wildman–Crippen MR) is 124 cm³/mol. The molecule has 11 heteroatoms. The van der Waals surface area contributed by atoms with Gasteiger partial charge >= 0.3 is 0 Å². The van der Waals surface area contributed by atoms with E-state index >= 15 is 0 Å². The molecule has 0 saturated heterocycles. The Bertz CT molecular complexity index is 1220. The Morgan fingerprint density at radius 2 is 1.76 bits per heavy atom. The van der Waals surface area contributed by atoms with Crippen LogP contribution >= 0.6 is 11.6 Å². The highest BCUT2D eigenvalue weighted by molar-refractivity contribution is 7.89. The number of sulfonamides is 1. The Morgan fingerprint density at radius 1 is 1.03 bits per heavy atom. The Hall–Kier alpha value is -2.66. The summed E-state index contributed by atoms with van der Waals surface area (Å²) in [5.74, 6) is 2.66. The van der Waals surface area contributed by atoms with Gasteiger partial charge in [-0.2, -0.15) is 0 Å². The van der Waals surface area contributed by atoms with Crippen molar-refractivity contribution >= 4 is 21.6 Å². The topological polar surface area (TPSA) is 98.6 Å². The minimum atomic E-state index is -3.62. The summed E-state index contributed by atoms with van der Waals surface area (Å²) >= 11 is 6.47. The van der Waals surface area contributed by atoms with Crippen molar-refractivity contribution in [2.75, 3.05) is 27.3 Å². The van der Waals surface area contributed by atoms with E-state index in [1.165, 1.54) is 0 Å². The lowest BCUT2D eigenvalue weighted by atomic mass is 10.1. The molecule has 1 aliphatic heterocycles. The predicted octanol–water partition coefficient (Wildman–Crippen LogP) is 2.49. The van der Waals surface area contributed by atoms with Crippen LogP contribution in [0, 0.1) is 0 Å². The number of hydrogen-bond donors (Lipinski definition) is 1. The first kappa shape index (κ1) is 23.5. The van der Waals surface area contributed by atoms with Crippen LogP contribution in [0.1, 0.15) is 17.2 Å². The monoisotopic (exact) mass is 491 g/mol. The van der Waals surface area contributed by atoms with E-state index in [0.29, 0.717) is 41.9 Å². The van der Waals surface area contributed by atoms with Crippen LogP contribution in [-0.4, -0.2) is 55.4 Å². The molecule has 4 rings (SSSR count). The van der Waals surface area contributed by atoms with Gasteiger partial charge in [0.2, 0.25) is 10.0 Å². The van der Waals surface area contributed by atoms with Crippen molar-refractivity contribution in [3.8, 4) is 11.5 Å². The van der Waals surface area contributed by atoms with Gasteiger partial charge < -0.3 is 14.0 Å². The van der Waals surface area contributed by atoms with Gasteiger partial charge in [0.05, 0.1) is 25.7 Å². The van der Waals surface area contributed by atoms with E-state index in [1.807, 2.05) is 10.6 Å². The van der Waals surface area contributed by atoms with Crippen LogP contribution in [0.25, 0.3) is 0 Å². The van der Waals surface area contributed by atoms with Crippen molar-refractivity contribution in [1.29, 1.82) is 0 Å². The maximum Gasteiger partial charge on any atom is 0.240 e. The molecule has 0 unspecified atom stereocenters. The second-order valence-corrected chi connectivity index (χ2v) is 9.82. The molecule has 0 bridgehead atoms. The van der Waals surface area contributed by atoms with Gasteiger partial charge in [-0.15, -0.1) is 10.2 Å². The first-order valence-electron chi connectivity index (χ1n) is 10.5. The quantitative estimate of drug-likeness (QED) is 0.516. The zero-order chi connectivity index (χ0) is 23.4. The van der Waals surface area contributed by atoms with E-state index in [-0.39, 0.29) is 11.4 Å². The van der Waals surface area contributed by atoms with Crippen molar-refractivity contribution < 1.29 is 17.9 Å². The van der Waals surface area contributed by atoms with Crippen molar-refractivity contribution in [3.63, 3.8) is 0 Å². The average Bonchev–Trinajstić information content (AvgIpc) is 3.11. The summed E-state index contributed by atoms with van der Waals surface area (Å²) in [4.78, 5) is 2.50. The number of nitrogens with one attached hydrogen (secondary N) is 1. The van der Waals surface area contributed by atoms with E-state index in [0.717, 1.165) is 24.5 Å². The molecule has 0 saturated carbocycles. The van der Waals surface area contributed by atoms with Gasteiger partial charge in [-0.25, -0.2) is 13.1 Å². The van der Waals surface area contributed by atoms with Crippen LogP contribution in [0.2, 0.25) is 5.02 Å². The summed E-state index contributed by atoms with van der Waals surface area (Å²) in [6.45, 7) is 2.89. The molecule has 9 nitrogen and oxygen atoms in total. The number of benzene rings is 2. The molecule has 0 aliphatic carbocycles. The molecule has 3 aromatic rings. The highest BCUT2D eigenvalue weighted by Crippen LogP contribution is 2.33. The summed E-state index contributed by atoms with van der Waals surface area (Å²) in [7, 11) is -0.442. The lowest BCUT2D eigenvalue weighted by Gasteiger charge is -2.21. The third-order valence-electron chi connectivity index (χ3n) is 5.62. The Kier molecular flexibility index (Phi) is 7.18. The van der Waals surface area contributed by atoms with Crippen molar-refractivity contribution in [2.24, 2.45) is 0 Å². The SMILES string of the molecule is COc1cc(Cl)c(CN2CCc3nnc(CNS(=O)(=O)c4ccccc4)n3CC2)cc1OC. The highest BCUT2D eigenvalue weighted by atomic mass is 35.5. The van der Waals surface area contributed by atoms with Crippen LogP contribution in [0.3, 0.4) is 0 Å². The standard InChI is InChI=1S/C22H26ClN5O4S/c1-31-19-12-16(18(23)13-20(19)32-2)15-27-9-8-21-25-26-22(28(21)11-10-27)14-24-33(29,30)17-6-4-3-5-7-17/h3-7,12-13,24H,8-11,14-15H2,1-2H3. The van der Waals surface area contributed by atoms with Gasteiger partial charge in [-0.05, 0) is 23.8 Å².